The van der Waals surface area contributed by atoms with E-state index in [2.05, 4.69) is 21.1 Å². The molecule has 0 saturated carbocycles. The number of hydrogen-bond donors (Lipinski definition) is 1. The van der Waals surface area contributed by atoms with E-state index >= 15 is 0 Å². The molecule has 0 heterocycles. The van der Waals surface area contributed by atoms with Gasteiger partial charge in [0.05, 0.1) is 34.3 Å². The third-order valence-electron chi connectivity index (χ3n) is 4.89. The van der Waals surface area contributed by atoms with Crippen molar-refractivity contribution in [3.05, 3.63) is 102 Å². The Kier molecular flexibility index (Phi) is 6.18. The molecule has 0 radical (unpaired) electrons. The van der Waals surface area contributed by atoms with Gasteiger partial charge in [0.15, 0.2) is 0 Å². The zero-order chi connectivity index (χ0) is 20.0. The molecule has 3 aromatic rings. The molecule has 0 aliphatic heterocycles. The summed E-state index contributed by atoms with van der Waals surface area (Å²) in [6.07, 6.45) is 0.951. The Morgan fingerprint density at radius 1 is 0.750 bits per heavy atom. The van der Waals surface area contributed by atoms with Gasteiger partial charge in [0, 0.05) is 12.0 Å². The van der Waals surface area contributed by atoms with Gasteiger partial charge in [-0.3, -0.25) is 0 Å². The van der Waals surface area contributed by atoms with Gasteiger partial charge in [-0.2, -0.15) is 0 Å². The molecule has 0 bridgehead atoms. The molecule has 0 fully saturated rings. The SMILES string of the molecule is C[N+](C)(C)CCCOc1ccccc1C(O)(c1ccccc1)c1ccccc1. The Morgan fingerprint density at radius 2 is 1.25 bits per heavy atom. The highest BCUT2D eigenvalue weighted by Gasteiger charge is 2.36. The van der Waals surface area contributed by atoms with E-state index in [-0.39, 0.29) is 0 Å². The number of para-hydroxylation sites is 1. The highest BCUT2D eigenvalue weighted by atomic mass is 16.5. The zero-order valence-corrected chi connectivity index (χ0v) is 17.0. The number of benzene rings is 3. The predicted octanol–water partition coefficient (Wildman–Crippen LogP) is 4.45. The van der Waals surface area contributed by atoms with Crippen LogP contribution in [-0.4, -0.2) is 43.9 Å². The van der Waals surface area contributed by atoms with Crippen molar-refractivity contribution >= 4 is 0 Å². The van der Waals surface area contributed by atoms with Crippen molar-refractivity contribution in [2.24, 2.45) is 0 Å². The van der Waals surface area contributed by atoms with Crippen LogP contribution in [0.1, 0.15) is 23.1 Å². The topological polar surface area (TPSA) is 29.5 Å². The van der Waals surface area contributed by atoms with Gasteiger partial charge >= 0.3 is 0 Å². The lowest BCUT2D eigenvalue weighted by Crippen LogP contribution is -2.36. The summed E-state index contributed by atoms with van der Waals surface area (Å²) < 4.78 is 7.06. The van der Waals surface area contributed by atoms with Gasteiger partial charge in [-0.1, -0.05) is 78.9 Å². The third kappa shape index (κ3) is 4.61. The second kappa shape index (κ2) is 8.59. The van der Waals surface area contributed by atoms with Crippen LogP contribution in [0.5, 0.6) is 5.75 Å². The van der Waals surface area contributed by atoms with Crippen molar-refractivity contribution in [3.8, 4) is 5.75 Å². The predicted molar refractivity (Wildman–Crippen MR) is 114 cm³/mol. The largest absolute Gasteiger partial charge is 0.493 e. The molecule has 3 heteroatoms. The minimum Gasteiger partial charge on any atom is -0.493 e. The highest BCUT2D eigenvalue weighted by molar-refractivity contribution is 5.52. The van der Waals surface area contributed by atoms with E-state index in [0.29, 0.717) is 6.61 Å². The average Bonchev–Trinajstić information content (AvgIpc) is 2.71. The van der Waals surface area contributed by atoms with E-state index < -0.39 is 5.60 Å². The molecule has 0 unspecified atom stereocenters. The Bertz CT molecular complexity index is 830. The summed E-state index contributed by atoms with van der Waals surface area (Å²) in [6, 6.07) is 27.4. The van der Waals surface area contributed by atoms with Gasteiger partial charge in [0.1, 0.15) is 11.4 Å². The summed E-state index contributed by atoms with van der Waals surface area (Å²) in [6.45, 7) is 1.65. The number of aliphatic hydroxyl groups is 1. The summed E-state index contributed by atoms with van der Waals surface area (Å²) in [4.78, 5) is 0. The first-order chi connectivity index (χ1) is 13.4. The van der Waals surface area contributed by atoms with Gasteiger partial charge in [-0.25, -0.2) is 0 Å². The van der Waals surface area contributed by atoms with Crippen LogP contribution in [0, 0.1) is 0 Å². The quantitative estimate of drug-likeness (QED) is 0.358. The first-order valence-corrected chi connectivity index (χ1v) is 9.77. The summed E-state index contributed by atoms with van der Waals surface area (Å²) in [7, 11) is 6.53. The second-order valence-corrected chi connectivity index (χ2v) is 8.15. The lowest BCUT2D eigenvalue weighted by molar-refractivity contribution is -0.870. The lowest BCUT2D eigenvalue weighted by Gasteiger charge is -2.31. The molecule has 0 saturated heterocycles. The number of quaternary nitrogens is 1. The molecule has 0 spiro atoms. The molecule has 146 valence electrons. The minimum atomic E-state index is -1.28. The number of rotatable bonds is 8. The fourth-order valence-corrected chi connectivity index (χ4v) is 3.45. The summed E-state index contributed by atoms with van der Waals surface area (Å²) in [5.41, 5.74) is 1.13. The molecule has 0 aliphatic rings. The molecular formula is C25H30NO2+. The molecular weight excluding hydrogens is 346 g/mol. The molecule has 0 atom stereocenters. The maximum atomic E-state index is 12.0. The van der Waals surface area contributed by atoms with Crippen LogP contribution >= 0.6 is 0 Å². The molecule has 0 amide bonds. The Labute approximate surface area is 168 Å². The van der Waals surface area contributed by atoms with Crippen LogP contribution in [0.4, 0.5) is 0 Å². The average molecular weight is 377 g/mol. The molecule has 28 heavy (non-hydrogen) atoms. The fraction of sp³-hybridized carbons (Fsp3) is 0.280. The van der Waals surface area contributed by atoms with Crippen molar-refractivity contribution in [1.82, 2.24) is 0 Å². The van der Waals surface area contributed by atoms with Gasteiger partial charge in [-0.15, -0.1) is 0 Å². The Hall–Kier alpha value is -2.62. The molecule has 3 aromatic carbocycles. The van der Waals surface area contributed by atoms with E-state index in [1.54, 1.807) is 0 Å². The van der Waals surface area contributed by atoms with E-state index in [1.165, 1.54) is 0 Å². The number of nitrogens with zero attached hydrogens (tertiary/aromatic N) is 1. The van der Waals surface area contributed by atoms with Crippen LogP contribution in [0.2, 0.25) is 0 Å². The van der Waals surface area contributed by atoms with Crippen molar-refractivity contribution in [3.63, 3.8) is 0 Å². The number of hydrogen-bond acceptors (Lipinski definition) is 2. The number of ether oxygens (including phenoxy) is 1. The van der Waals surface area contributed by atoms with Crippen LogP contribution < -0.4 is 4.74 Å². The smallest absolute Gasteiger partial charge is 0.144 e. The van der Waals surface area contributed by atoms with Crippen molar-refractivity contribution in [2.75, 3.05) is 34.3 Å². The monoisotopic (exact) mass is 376 g/mol. The van der Waals surface area contributed by atoms with Gasteiger partial charge in [0.25, 0.3) is 0 Å². The van der Waals surface area contributed by atoms with Gasteiger partial charge in [0.2, 0.25) is 0 Å². The van der Waals surface area contributed by atoms with Crippen molar-refractivity contribution in [2.45, 2.75) is 12.0 Å². The molecule has 3 rings (SSSR count). The fourth-order valence-electron chi connectivity index (χ4n) is 3.45. The standard InChI is InChI=1S/C25H30NO2/c1-26(2,3)19-12-20-28-24-18-11-10-17-23(24)25(27,21-13-6-4-7-14-21)22-15-8-5-9-16-22/h4-11,13-18,27H,12,19-20H2,1-3H3/q+1. The molecule has 0 aromatic heterocycles. The summed E-state index contributed by atoms with van der Waals surface area (Å²) >= 11 is 0. The minimum absolute atomic E-state index is 0.617. The third-order valence-corrected chi connectivity index (χ3v) is 4.89. The molecule has 3 nitrogen and oxygen atoms in total. The second-order valence-electron chi connectivity index (χ2n) is 8.15. The Balaban J connectivity index is 1.98. The zero-order valence-electron chi connectivity index (χ0n) is 17.0. The van der Waals surface area contributed by atoms with Crippen LogP contribution in [0.3, 0.4) is 0 Å². The summed E-state index contributed by atoms with van der Waals surface area (Å²) in [5, 5.41) is 12.0. The maximum Gasteiger partial charge on any atom is 0.144 e. The van der Waals surface area contributed by atoms with Gasteiger partial charge < -0.3 is 14.3 Å². The molecule has 0 aliphatic carbocycles. The lowest BCUT2D eigenvalue weighted by atomic mass is 9.80. The molecule has 1 N–H and O–H groups in total. The first kappa shape index (κ1) is 20.1. The summed E-state index contributed by atoms with van der Waals surface area (Å²) in [5.74, 6) is 0.721. The van der Waals surface area contributed by atoms with E-state index in [1.807, 2.05) is 84.9 Å². The van der Waals surface area contributed by atoms with Crippen LogP contribution in [0.25, 0.3) is 0 Å². The first-order valence-electron chi connectivity index (χ1n) is 9.77. The van der Waals surface area contributed by atoms with Crippen molar-refractivity contribution < 1.29 is 14.3 Å². The van der Waals surface area contributed by atoms with E-state index in [4.69, 9.17) is 4.74 Å². The normalized spacial score (nSPS) is 12.0. The Morgan fingerprint density at radius 3 is 1.79 bits per heavy atom. The van der Waals surface area contributed by atoms with E-state index in [9.17, 15) is 5.11 Å². The maximum absolute atomic E-state index is 12.0. The van der Waals surface area contributed by atoms with Gasteiger partial charge in [-0.05, 0) is 17.2 Å². The van der Waals surface area contributed by atoms with Crippen molar-refractivity contribution in [1.29, 1.82) is 0 Å². The van der Waals surface area contributed by atoms with E-state index in [0.717, 1.165) is 39.9 Å². The van der Waals surface area contributed by atoms with Crippen LogP contribution in [0.15, 0.2) is 84.9 Å². The highest BCUT2D eigenvalue weighted by Crippen LogP contribution is 2.40. The van der Waals surface area contributed by atoms with Crippen LogP contribution in [-0.2, 0) is 5.60 Å².